The maximum atomic E-state index is 13.5. The van der Waals surface area contributed by atoms with E-state index in [0.29, 0.717) is 19.0 Å². The van der Waals surface area contributed by atoms with Crippen molar-refractivity contribution >= 4 is 18.1 Å². The molecule has 36 heavy (non-hydrogen) atoms. The number of hydrogen-bond acceptors (Lipinski definition) is 5. The van der Waals surface area contributed by atoms with E-state index in [2.05, 4.69) is 16.4 Å². The van der Waals surface area contributed by atoms with Crippen LogP contribution in [-0.2, 0) is 6.42 Å². The Balaban J connectivity index is 1.20. The lowest BCUT2D eigenvalue weighted by atomic mass is 10.0. The maximum absolute atomic E-state index is 13.5. The first-order valence-corrected chi connectivity index (χ1v) is 12.1. The SMILES string of the molecule is O=C(c1ccccc1)N1CCC(Nc2nccc(-c3c(-c4ccc(F)cc4)nc4n3C=CC4)n2)CC1. The third-order valence-corrected chi connectivity index (χ3v) is 6.69. The van der Waals surface area contributed by atoms with Crippen LogP contribution in [0.15, 0.2) is 72.9 Å². The second-order valence-electron chi connectivity index (χ2n) is 9.03. The lowest BCUT2D eigenvalue weighted by molar-refractivity contribution is 0.0718. The number of hydrogen-bond donors (Lipinski definition) is 1. The average Bonchev–Trinajstić information content (AvgIpc) is 3.52. The molecule has 6 rings (SSSR count). The van der Waals surface area contributed by atoms with Crippen LogP contribution in [0.5, 0.6) is 0 Å². The van der Waals surface area contributed by atoms with Crippen molar-refractivity contribution in [1.29, 1.82) is 0 Å². The van der Waals surface area contributed by atoms with Gasteiger partial charge in [-0.3, -0.25) is 4.79 Å². The summed E-state index contributed by atoms with van der Waals surface area (Å²) in [6, 6.07) is 17.8. The van der Waals surface area contributed by atoms with E-state index in [1.165, 1.54) is 12.1 Å². The van der Waals surface area contributed by atoms with Gasteiger partial charge in [0, 0.05) is 49.1 Å². The lowest BCUT2D eigenvalue weighted by Crippen LogP contribution is -2.42. The quantitative estimate of drug-likeness (QED) is 0.440. The van der Waals surface area contributed by atoms with Crippen molar-refractivity contribution in [2.45, 2.75) is 25.3 Å². The summed E-state index contributed by atoms with van der Waals surface area (Å²) in [7, 11) is 0. The van der Waals surface area contributed by atoms with Crippen LogP contribution in [0.4, 0.5) is 10.3 Å². The number of likely N-dealkylation sites (tertiary alicyclic amines) is 1. The highest BCUT2D eigenvalue weighted by Crippen LogP contribution is 2.34. The number of rotatable bonds is 5. The van der Waals surface area contributed by atoms with Crippen molar-refractivity contribution in [3.8, 4) is 22.6 Å². The average molecular weight is 481 g/mol. The normalized spacial score (nSPS) is 15.2. The molecular formula is C28H25FN6O. The molecule has 2 aliphatic heterocycles. The van der Waals surface area contributed by atoms with Gasteiger partial charge in [0.05, 0.1) is 17.1 Å². The number of halogens is 1. The molecule has 1 amide bonds. The fourth-order valence-corrected chi connectivity index (χ4v) is 4.83. The third kappa shape index (κ3) is 4.26. The van der Waals surface area contributed by atoms with Gasteiger partial charge in [0.15, 0.2) is 0 Å². The molecule has 180 valence electrons. The predicted octanol–water partition coefficient (Wildman–Crippen LogP) is 4.89. The summed E-state index contributed by atoms with van der Waals surface area (Å²) >= 11 is 0. The van der Waals surface area contributed by atoms with Gasteiger partial charge in [-0.25, -0.2) is 19.3 Å². The Kier molecular flexibility index (Phi) is 5.77. The second-order valence-corrected chi connectivity index (χ2v) is 9.03. The lowest BCUT2D eigenvalue weighted by Gasteiger charge is -2.32. The zero-order valence-electron chi connectivity index (χ0n) is 19.6. The molecule has 8 heteroatoms. The van der Waals surface area contributed by atoms with Crippen molar-refractivity contribution in [3.63, 3.8) is 0 Å². The van der Waals surface area contributed by atoms with E-state index >= 15 is 0 Å². The van der Waals surface area contributed by atoms with Gasteiger partial charge in [-0.15, -0.1) is 0 Å². The highest BCUT2D eigenvalue weighted by Gasteiger charge is 2.25. The van der Waals surface area contributed by atoms with Gasteiger partial charge in [-0.1, -0.05) is 24.3 Å². The van der Waals surface area contributed by atoms with Gasteiger partial charge in [0.2, 0.25) is 5.95 Å². The number of carbonyl (C=O) groups is 1. The van der Waals surface area contributed by atoms with Gasteiger partial charge >= 0.3 is 0 Å². The molecule has 1 saturated heterocycles. The number of piperidine rings is 1. The van der Waals surface area contributed by atoms with Gasteiger partial charge in [-0.05, 0) is 55.3 Å². The Labute approximate surface area is 208 Å². The van der Waals surface area contributed by atoms with Crippen molar-refractivity contribution in [2.75, 3.05) is 18.4 Å². The highest BCUT2D eigenvalue weighted by atomic mass is 19.1. The molecule has 0 atom stereocenters. The summed E-state index contributed by atoms with van der Waals surface area (Å²) in [4.78, 5) is 28.7. The molecule has 1 fully saturated rings. The fraction of sp³-hybridized carbons (Fsp3) is 0.214. The van der Waals surface area contributed by atoms with Crippen LogP contribution in [0.1, 0.15) is 29.0 Å². The van der Waals surface area contributed by atoms with Gasteiger partial charge in [0.25, 0.3) is 5.91 Å². The first-order valence-electron chi connectivity index (χ1n) is 12.1. The number of fused-ring (bicyclic) bond motifs is 1. The van der Waals surface area contributed by atoms with E-state index in [4.69, 9.17) is 9.97 Å². The van der Waals surface area contributed by atoms with Crippen LogP contribution < -0.4 is 5.32 Å². The topological polar surface area (TPSA) is 75.9 Å². The standard InChI is InChI=1S/C28H25FN6O/c29-21-10-8-19(9-11-21)25-26(35-16-4-7-24(35)33-25)23-12-15-30-28(32-23)31-22-13-17-34(18-14-22)27(36)20-5-2-1-3-6-20/h1-6,8-12,15-16,22H,7,13-14,17-18H2,(H,30,31,32). The number of allylic oxidation sites excluding steroid dienone is 1. The summed E-state index contributed by atoms with van der Waals surface area (Å²) in [5, 5.41) is 3.46. The molecule has 0 saturated carbocycles. The second kappa shape index (κ2) is 9.37. The molecular weight excluding hydrogens is 455 g/mol. The van der Waals surface area contributed by atoms with E-state index in [0.717, 1.165) is 53.3 Å². The summed E-state index contributed by atoms with van der Waals surface area (Å²) in [6.45, 7) is 1.36. The molecule has 0 bridgehead atoms. The third-order valence-electron chi connectivity index (χ3n) is 6.69. The summed E-state index contributed by atoms with van der Waals surface area (Å²) in [5.74, 6) is 1.26. The number of nitrogens with zero attached hydrogens (tertiary/aromatic N) is 5. The van der Waals surface area contributed by atoms with Crippen molar-refractivity contribution in [2.24, 2.45) is 0 Å². The number of imidazole rings is 1. The molecule has 4 aromatic rings. The molecule has 0 spiro atoms. The molecule has 4 heterocycles. The van der Waals surface area contributed by atoms with E-state index in [1.54, 1.807) is 18.3 Å². The number of carbonyl (C=O) groups excluding carboxylic acids is 1. The Hall–Kier alpha value is -4.33. The maximum Gasteiger partial charge on any atom is 0.253 e. The zero-order valence-corrected chi connectivity index (χ0v) is 19.6. The molecule has 2 aliphatic rings. The number of amides is 1. The Morgan fingerprint density at radius 2 is 1.75 bits per heavy atom. The predicted molar refractivity (Wildman–Crippen MR) is 137 cm³/mol. The highest BCUT2D eigenvalue weighted by molar-refractivity contribution is 5.94. The van der Waals surface area contributed by atoms with Gasteiger partial charge in [0.1, 0.15) is 11.6 Å². The van der Waals surface area contributed by atoms with Gasteiger partial charge < -0.3 is 14.8 Å². The molecule has 1 N–H and O–H groups in total. The minimum absolute atomic E-state index is 0.0725. The largest absolute Gasteiger partial charge is 0.351 e. The van der Waals surface area contributed by atoms with Crippen LogP contribution in [-0.4, -0.2) is 49.5 Å². The van der Waals surface area contributed by atoms with E-state index in [9.17, 15) is 9.18 Å². The molecule has 0 unspecified atom stereocenters. The van der Waals surface area contributed by atoms with E-state index in [-0.39, 0.29) is 17.8 Å². The molecule has 7 nitrogen and oxygen atoms in total. The van der Waals surface area contributed by atoms with Crippen LogP contribution in [0.2, 0.25) is 0 Å². The summed E-state index contributed by atoms with van der Waals surface area (Å²) in [6.07, 6.45) is 8.18. The van der Waals surface area contributed by atoms with Crippen LogP contribution >= 0.6 is 0 Å². The van der Waals surface area contributed by atoms with Crippen molar-refractivity contribution in [3.05, 3.63) is 90.1 Å². The Morgan fingerprint density at radius 1 is 0.972 bits per heavy atom. The number of aromatic nitrogens is 4. The van der Waals surface area contributed by atoms with E-state index < -0.39 is 0 Å². The minimum atomic E-state index is -0.281. The van der Waals surface area contributed by atoms with Crippen molar-refractivity contribution in [1.82, 2.24) is 24.4 Å². The van der Waals surface area contributed by atoms with Crippen molar-refractivity contribution < 1.29 is 9.18 Å². The molecule has 0 radical (unpaired) electrons. The smallest absolute Gasteiger partial charge is 0.253 e. The number of nitrogens with one attached hydrogen (secondary N) is 1. The minimum Gasteiger partial charge on any atom is -0.351 e. The zero-order chi connectivity index (χ0) is 24.5. The van der Waals surface area contributed by atoms with E-state index in [1.807, 2.05) is 52.1 Å². The molecule has 0 aliphatic carbocycles. The summed E-state index contributed by atoms with van der Waals surface area (Å²) < 4.78 is 15.6. The van der Waals surface area contributed by atoms with Crippen LogP contribution in [0.25, 0.3) is 28.8 Å². The molecule has 2 aromatic heterocycles. The van der Waals surface area contributed by atoms with Gasteiger partial charge in [-0.2, -0.15) is 0 Å². The number of benzene rings is 2. The summed E-state index contributed by atoms with van der Waals surface area (Å²) in [5.41, 5.74) is 3.93. The Morgan fingerprint density at radius 3 is 2.53 bits per heavy atom. The molecule has 2 aromatic carbocycles. The number of anilines is 1. The first kappa shape index (κ1) is 22.2. The Bertz CT molecular complexity index is 1420. The van der Waals surface area contributed by atoms with Crippen LogP contribution in [0, 0.1) is 5.82 Å². The monoisotopic (exact) mass is 480 g/mol. The van der Waals surface area contributed by atoms with Crippen LogP contribution in [0.3, 0.4) is 0 Å². The first-order chi connectivity index (χ1) is 17.7. The fourth-order valence-electron chi connectivity index (χ4n) is 4.83.